The number of carbonyl (C=O) groups is 1. The second-order valence-electron chi connectivity index (χ2n) is 5.70. The molecule has 1 N–H and O–H groups in total. The summed E-state index contributed by atoms with van der Waals surface area (Å²) in [6, 6.07) is 13.3. The van der Waals surface area contributed by atoms with Gasteiger partial charge in [-0.1, -0.05) is 24.6 Å². The van der Waals surface area contributed by atoms with E-state index >= 15 is 0 Å². The van der Waals surface area contributed by atoms with Crippen molar-refractivity contribution in [3.05, 3.63) is 53.1 Å². The number of methoxy groups -OCH3 is 2. The molecule has 0 aliphatic carbocycles. The summed E-state index contributed by atoms with van der Waals surface area (Å²) in [5, 5.41) is 3.59. The maximum absolute atomic E-state index is 12.5. The Morgan fingerprint density at radius 3 is 2.42 bits per heavy atom. The van der Waals surface area contributed by atoms with E-state index in [2.05, 4.69) is 5.32 Å². The van der Waals surface area contributed by atoms with Crippen molar-refractivity contribution < 1.29 is 14.3 Å². The first-order valence-electron chi connectivity index (χ1n) is 8.48. The first kappa shape index (κ1) is 20.5. The number of hydrogen-bond donors (Lipinski definition) is 1. The van der Waals surface area contributed by atoms with Crippen LogP contribution in [0.25, 0.3) is 0 Å². The van der Waals surface area contributed by atoms with Gasteiger partial charge in [-0.2, -0.15) is 0 Å². The quantitative estimate of drug-likeness (QED) is 0.633. The number of hydrogen-bond acceptors (Lipinski definition) is 4. The topological polar surface area (TPSA) is 47.6 Å². The van der Waals surface area contributed by atoms with E-state index in [4.69, 9.17) is 21.1 Å². The molecule has 2 rings (SSSR count). The van der Waals surface area contributed by atoms with Crippen molar-refractivity contribution in [2.45, 2.75) is 29.9 Å². The van der Waals surface area contributed by atoms with Crippen LogP contribution in [0.1, 0.15) is 18.9 Å². The summed E-state index contributed by atoms with van der Waals surface area (Å²) in [5.74, 6) is 1.44. The van der Waals surface area contributed by atoms with Gasteiger partial charge in [-0.3, -0.25) is 4.79 Å². The summed E-state index contributed by atoms with van der Waals surface area (Å²) in [5.41, 5.74) is 1.08. The molecule has 0 saturated heterocycles. The highest BCUT2D eigenvalue weighted by Gasteiger charge is 2.17. The van der Waals surface area contributed by atoms with Gasteiger partial charge in [0.2, 0.25) is 5.91 Å². The van der Waals surface area contributed by atoms with Crippen molar-refractivity contribution in [1.29, 1.82) is 0 Å². The maximum Gasteiger partial charge on any atom is 0.233 e. The van der Waals surface area contributed by atoms with Crippen LogP contribution >= 0.6 is 23.4 Å². The Balaban J connectivity index is 1.87. The first-order valence-corrected chi connectivity index (χ1v) is 9.74. The van der Waals surface area contributed by atoms with E-state index in [0.717, 1.165) is 23.3 Å². The third kappa shape index (κ3) is 5.85. The highest BCUT2D eigenvalue weighted by Crippen LogP contribution is 2.28. The van der Waals surface area contributed by atoms with Crippen molar-refractivity contribution in [3.63, 3.8) is 0 Å². The summed E-state index contributed by atoms with van der Waals surface area (Å²) < 4.78 is 10.5. The largest absolute Gasteiger partial charge is 0.493 e. The van der Waals surface area contributed by atoms with Crippen molar-refractivity contribution in [3.8, 4) is 11.5 Å². The number of benzene rings is 2. The summed E-state index contributed by atoms with van der Waals surface area (Å²) in [6.07, 6.45) is 1.49. The summed E-state index contributed by atoms with van der Waals surface area (Å²) in [4.78, 5) is 13.5. The fourth-order valence-electron chi connectivity index (χ4n) is 2.48. The van der Waals surface area contributed by atoms with Crippen molar-refractivity contribution in [1.82, 2.24) is 5.32 Å². The molecule has 0 fully saturated rings. The highest BCUT2D eigenvalue weighted by atomic mass is 35.5. The molecule has 0 aliphatic heterocycles. The summed E-state index contributed by atoms with van der Waals surface area (Å²) in [6.45, 7) is 2.59. The van der Waals surface area contributed by atoms with Gasteiger partial charge in [0.05, 0.1) is 19.5 Å². The van der Waals surface area contributed by atoms with Crippen LogP contribution in [0.5, 0.6) is 11.5 Å². The molecule has 0 saturated carbocycles. The number of nitrogens with one attached hydrogen (secondary N) is 1. The lowest BCUT2D eigenvalue weighted by Gasteiger charge is -2.15. The summed E-state index contributed by atoms with van der Waals surface area (Å²) in [7, 11) is 3.23. The Kier molecular flexibility index (Phi) is 8.13. The minimum atomic E-state index is -0.124. The van der Waals surface area contributed by atoms with Gasteiger partial charge < -0.3 is 14.8 Å². The number of carbonyl (C=O) groups excluding carboxylic acids is 1. The predicted octanol–water partition coefficient (Wildman–Crippen LogP) is 4.59. The Labute approximate surface area is 164 Å². The Morgan fingerprint density at radius 1 is 1.12 bits per heavy atom. The molecule has 1 amide bonds. The third-order valence-corrected chi connectivity index (χ3v) is 5.54. The second-order valence-corrected chi connectivity index (χ2v) is 7.41. The standard InChI is InChI=1S/C20H24ClNO3S/c1-4-19(26-16-8-6-15(21)7-9-16)20(23)22-12-11-14-5-10-17(24-2)18(13-14)25-3/h5-10,13,19H,4,11-12H2,1-3H3,(H,22,23)/t19-/m0/s1. The molecule has 0 radical (unpaired) electrons. The highest BCUT2D eigenvalue weighted by molar-refractivity contribution is 8.00. The van der Waals surface area contributed by atoms with E-state index in [9.17, 15) is 4.79 Å². The van der Waals surface area contributed by atoms with Crippen LogP contribution in [-0.2, 0) is 11.2 Å². The average molecular weight is 394 g/mol. The monoisotopic (exact) mass is 393 g/mol. The molecular weight excluding hydrogens is 370 g/mol. The Hall–Kier alpha value is -1.85. The maximum atomic E-state index is 12.5. The molecule has 0 heterocycles. The molecule has 0 spiro atoms. The van der Waals surface area contributed by atoms with Gasteiger partial charge in [-0.25, -0.2) is 0 Å². The van der Waals surface area contributed by atoms with Crippen LogP contribution in [0.15, 0.2) is 47.4 Å². The number of thioether (sulfide) groups is 1. The van der Waals surface area contributed by atoms with Gasteiger partial charge >= 0.3 is 0 Å². The van der Waals surface area contributed by atoms with Crippen LogP contribution in [0.4, 0.5) is 0 Å². The number of rotatable bonds is 9. The Bertz CT molecular complexity index is 721. The van der Waals surface area contributed by atoms with Crippen LogP contribution < -0.4 is 14.8 Å². The van der Waals surface area contributed by atoms with Crippen molar-refractivity contribution >= 4 is 29.3 Å². The lowest BCUT2D eigenvalue weighted by Crippen LogP contribution is -2.33. The van der Waals surface area contributed by atoms with E-state index in [1.165, 1.54) is 0 Å². The van der Waals surface area contributed by atoms with Gasteiger partial charge in [0.25, 0.3) is 0 Å². The fraction of sp³-hybridized carbons (Fsp3) is 0.350. The molecule has 2 aromatic rings. The smallest absolute Gasteiger partial charge is 0.233 e. The third-order valence-electron chi connectivity index (χ3n) is 3.92. The van der Waals surface area contributed by atoms with Gasteiger partial charge in [-0.05, 0) is 54.8 Å². The number of amides is 1. The lowest BCUT2D eigenvalue weighted by molar-refractivity contribution is -0.120. The molecular formula is C20H24ClNO3S. The molecule has 26 heavy (non-hydrogen) atoms. The molecule has 2 aromatic carbocycles. The minimum absolute atomic E-state index is 0.0490. The van der Waals surface area contributed by atoms with Crippen LogP contribution in [0, 0.1) is 0 Å². The molecule has 140 valence electrons. The molecule has 0 aromatic heterocycles. The van der Waals surface area contributed by atoms with Gasteiger partial charge in [0, 0.05) is 16.5 Å². The SMILES string of the molecule is CC[C@H](Sc1ccc(Cl)cc1)C(=O)NCCc1ccc(OC)c(OC)c1. The molecule has 4 nitrogen and oxygen atoms in total. The van der Waals surface area contributed by atoms with Crippen LogP contribution in [-0.4, -0.2) is 31.9 Å². The average Bonchev–Trinajstić information content (AvgIpc) is 2.67. The zero-order valence-corrected chi connectivity index (χ0v) is 16.8. The zero-order valence-electron chi connectivity index (χ0n) is 15.3. The lowest BCUT2D eigenvalue weighted by atomic mass is 10.1. The van der Waals surface area contributed by atoms with Crippen LogP contribution in [0.3, 0.4) is 0 Å². The number of halogens is 1. The van der Waals surface area contributed by atoms with Crippen LogP contribution in [0.2, 0.25) is 5.02 Å². The zero-order chi connectivity index (χ0) is 18.9. The van der Waals surface area contributed by atoms with E-state index in [0.29, 0.717) is 23.1 Å². The predicted molar refractivity (Wildman–Crippen MR) is 108 cm³/mol. The van der Waals surface area contributed by atoms with Crippen molar-refractivity contribution in [2.75, 3.05) is 20.8 Å². The Morgan fingerprint density at radius 2 is 1.81 bits per heavy atom. The molecule has 0 unspecified atom stereocenters. The van der Waals surface area contributed by atoms with Gasteiger partial charge in [-0.15, -0.1) is 11.8 Å². The normalized spacial score (nSPS) is 11.7. The fourth-order valence-corrected chi connectivity index (χ4v) is 3.58. The van der Waals surface area contributed by atoms with E-state index in [-0.39, 0.29) is 11.2 Å². The molecule has 0 aliphatic rings. The van der Waals surface area contributed by atoms with Gasteiger partial charge in [0.1, 0.15) is 0 Å². The minimum Gasteiger partial charge on any atom is -0.493 e. The van der Waals surface area contributed by atoms with E-state index in [1.54, 1.807) is 26.0 Å². The van der Waals surface area contributed by atoms with Gasteiger partial charge in [0.15, 0.2) is 11.5 Å². The molecule has 6 heteroatoms. The molecule has 0 bridgehead atoms. The first-order chi connectivity index (χ1) is 12.6. The second kappa shape index (κ2) is 10.3. The van der Waals surface area contributed by atoms with Crippen molar-refractivity contribution in [2.24, 2.45) is 0 Å². The molecule has 1 atom stereocenters. The van der Waals surface area contributed by atoms with E-state index in [1.807, 2.05) is 49.4 Å². The van der Waals surface area contributed by atoms with E-state index < -0.39 is 0 Å². The summed E-state index contributed by atoms with van der Waals surface area (Å²) >= 11 is 7.46. The number of ether oxygens (including phenoxy) is 2.